The van der Waals surface area contributed by atoms with Crippen LogP contribution >= 0.6 is 0 Å². The zero-order chi connectivity index (χ0) is 17.5. The first kappa shape index (κ1) is 14.7. The summed E-state index contributed by atoms with van der Waals surface area (Å²) in [6.07, 6.45) is 4.26. The van der Waals surface area contributed by atoms with Crippen LogP contribution in [-0.2, 0) is 0 Å². The highest BCUT2D eigenvalue weighted by Crippen LogP contribution is 2.36. The summed E-state index contributed by atoms with van der Waals surface area (Å²) in [5.41, 5.74) is 2.99. The average Bonchev–Trinajstić information content (AvgIpc) is 2.71. The number of hydrogen-bond donors (Lipinski definition) is 0. The third-order valence-corrected chi connectivity index (χ3v) is 5.06. The maximum atomic E-state index is 8.92. The topological polar surface area (TPSA) is 23.8 Å². The Balaban J connectivity index is 1.70. The van der Waals surface area contributed by atoms with E-state index in [2.05, 4.69) is 72.8 Å². The molecule has 0 heterocycles. The fourth-order valence-electron chi connectivity index (χ4n) is 3.76. The van der Waals surface area contributed by atoms with Crippen molar-refractivity contribution in [3.8, 4) is 6.07 Å². The van der Waals surface area contributed by atoms with E-state index in [1.807, 2.05) is 24.3 Å². The molecule has 0 aliphatic carbocycles. The van der Waals surface area contributed by atoms with Crippen LogP contribution in [0.1, 0.15) is 16.7 Å². The van der Waals surface area contributed by atoms with Crippen LogP contribution in [0.4, 0.5) is 0 Å². The molecule has 1 nitrogen and oxygen atoms in total. The smallest absolute Gasteiger partial charge is 0.0991 e. The fraction of sp³-hybridized carbons (Fsp3) is 0. The van der Waals surface area contributed by atoms with E-state index in [9.17, 15) is 0 Å². The summed E-state index contributed by atoms with van der Waals surface area (Å²) in [6.45, 7) is 0. The molecule has 5 aromatic carbocycles. The summed E-state index contributed by atoms with van der Waals surface area (Å²) in [4.78, 5) is 0. The molecule has 0 saturated carbocycles. The fourth-order valence-corrected chi connectivity index (χ4v) is 3.76. The van der Waals surface area contributed by atoms with Gasteiger partial charge in [0.1, 0.15) is 0 Å². The average molecular weight is 329 g/mol. The number of rotatable bonds is 2. The van der Waals surface area contributed by atoms with E-state index in [1.165, 1.54) is 37.9 Å². The van der Waals surface area contributed by atoms with Crippen molar-refractivity contribution in [2.75, 3.05) is 0 Å². The second kappa shape index (κ2) is 5.72. The monoisotopic (exact) mass is 329 g/mol. The number of nitrogens with zero attached hydrogens (tertiary/aromatic N) is 1. The third kappa shape index (κ3) is 2.24. The van der Waals surface area contributed by atoms with Gasteiger partial charge in [0.05, 0.1) is 11.6 Å². The van der Waals surface area contributed by atoms with E-state index in [0.29, 0.717) is 5.56 Å². The second-order valence-corrected chi connectivity index (χ2v) is 6.58. The van der Waals surface area contributed by atoms with Gasteiger partial charge >= 0.3 is 0 Å². The summed E-state index contributed by atoms with van der Waals surface area (Å²) in [5.74, 6) is 0. The van der Waals surface area contributed by atoms with Crippen LogP contribution in [-0.4, -0.2) is 0 Å². The summed E-state index contributed by atoms with van der Waals surface area (Å²) in [5, 5.41) is 16.7. The molecule has 0 aliphatic heterocycles. The highest BCUT2D eigenvalue weighted by Gasteiger charge is 2.09. The molecule has 0 atom stereocenters. The predicted molar refractivity (Wildman–Crippen MR) is 110 cm³/mol. The van der Waals surface area contributed by atoms with E-state index in [-0.39, 0.29) is 0 Å². The number of nitriles is 1. The van der Waals surface area contributed by atoms with Gasteiger partial charge in [-0.3, -0.25) is 0 Å². The standard InChI is InChI=1S/C25H15N/c26-16-18-6-4-17(5-7-18)8-9-19-10-11-22-13-12-20-2-1-3-21-14-15-23(19)25(22)24(20)21/h1-15H/b9-8-. The second-order valence-electron chi connectivity index (χ2n) is 6.58. The van der Waals surface area contributed by atoms with Gasteiger partial charge in [0.25, 0.3) is 0 Å². The van der Waals surface area contributed by atoms with Crippen LogP contribution in [0.2, 0.25) is 0 Å². The minimum Gasteiger partial charge on any atom is -0.192 e. The number of benzene rings is 5. The third-order valence-electron chi connectivity index (χ3n) is 5.06. The van der Waals surface area contributed by atoms with Crippen molar-refractivity contribution >= 4 is 44.5 Å². The molecule has 0 radical (unpaired) electrons. The Bertz CT molecular complexity index is 1300. The minimum absolute atomic E-state index is 0.685. The summed E-state index contributed by atoms with van der Waals surface area (Å²) in [7, 11) is 0. The van der Waals surface area contributed by atoms with E-state index in [1.54, 1.807) is 0 Å². The van der Waals surface area contributed by atoms with Gasteiger partial charge in [0.2, 0.25) is 0 Å². The van der Waals surface area contributed by atoms with Crippen molar-refractivity contribution in [2.24, 2.45) is 0 Å². The van der Waals surface area contributed by atoms with Crippen molar-refractivity contribution in [3.63, 3.8) is 0 Å². The summed E-state index contributed by atoms with van der Waals surface area (Å²) < 4.78 is 0. The first-order valence-electron chi connectivity index (χ1n) is 8.68. The minimum atomic E-state index is 0.685. The van der Waals surface area contributed by atoms with Gasteiger partial charge in [-0.15, -0.1) is 0 Å². The van der Waals surface area contributed by atoms with E-state index < -0.39 is 0 Å². The maximum absolute atomic E-state index is 8.92. The lowest BCUT2D eigenvalue weighted by molar-refractivity contribution is 1.48. The molecule has 0 unspecified atom stereocenters. The Hall–Kier alpha value is -3.63. The van der Waals surface area contributed by atoms with E-state index >= 15 is 0 Å². The highest BCUT2D eigenvalue weighted by molar-refractivity contribution is 6.24. The molecule has 5 rings (SSSR count). The summed E-state index contributed by atoms with van der Waals surface area (Å²) >= 11 is 0. The molecule has 0 bridgehead atoms. The molecular formula is C25H15N. The van der Waals surface area contributed by atoms with Gasteiger partial charge in [0.15, 0.2) is 0 Å². The molecular weight excluding hydrogens is 314 g/mol. The van der Waals surface area contributed by atoms with E-state index in [4.69, 9.17) is 5.26 Å². The van der Waals surface area contributed by atoms with Gasteiger partial charge in [-0.2, -0.15) is 5.26 Å². The Morgan fingerprint density at radius 2 is 1.27 bits per heavy atom. The SMILES string of the molecule is N#Cc1ccc(/C=C\c2ccc3ccc4cccc5ccc2c3c45)cc1. The first-order valence-corrected chi connectivity index (χ1v) is 8.68. The predicted octanol–water partition coefficient (Wildman–Crippen LogP) is 6.63. The number of hydrogen-bond acceptors (Lipinski definition) is 1. The van der Waals surface area contributed by atoms with Crippen LogP contribution in [0.15, 0.2) is 78.9 Å². The summed E-state index contributed by atoms with van der Waals surface area (Å²) in [6, 6.07) is 29.5. The largest absolute Gasteiger partial charge is 0.192 e. The Morgan fingerprint density at radius 1 is 0.615 bits per heavy atom. The zero-order valence-corrected chi connectivity index (χ0v) is 14.1. The molecule has 26 heavy (non-hydrogen) atoms. The molecule has 0 aliphatic rings. The van der Waals surface area contributed by atoms with Gasteiger partial charge in [-0.1, -0.05) is 78.9 Å². The van der Waals surface area contributed by atoms with Crippen molar-refractivity contribution in [1.82, 2.24) is 0 Å². The lowest BCUT2D eigenvalue weighted by Gasteiger charge is -2.12. The molecule has 1 heteroatoms. The molecule has 0 amide bonds. The lowest BCUT2D eigenvalue weighted by atomic mass is 9.92. The zero-order valence-electron chi connectivity index (χ0n) is 14.1. The Labute approximate surface area is 151 Å². The molecule has 0 fully saturated rings. The molecule has 0 N–H and O–H groups in total. The lowest BCUT2D eigenvalue weighted by Crippen LogP contribution is -1.86. The highest BCUT2D eigenvalue weighted by atomic mass is 14.2. The molecule has 120 valence electrons. The van der Waals surface area contributed by atoms with Crippen molar-refractivity contribution in [2.45, 2.75) is 0 Å². The Morgan fingerprint density at radius 3 is 2.00 bits per heavy atom. The molecule has 0 spiro atoms. The maximum Gasteiger partial charge on any atom is 0.0991 e. The van der Waals surface area contributed by atoms with Gasteiger partial charge in [-0.25, -0.2) is 0 Å². The molecule has 0 aromatic heterocycles. The quantitative estimate of drug-likeness (QED) is 0.263. The Kier molecular flexibility index (Phi) is 3.23. The van der Waals surface area contributed by atoms with Gasteiger partial charge < -0.3 is 0 Å². The van der Waals surface area contributed by atoms with Crippen LogP contribution in [0.25, 0.3) is 44.5 Å². The van der Waals surface area contributed by atoms with Gasteiger partial charge in [-0.05, 0) is 55.6 Å². The molecule has 0 saturated heterocycles. The first-order chi connectivity index (χ1) is 12.8. The van der Waals surface area contributed by atoms with Crippen LogP contribution < -0.4 is 0 Å². The normalized spacial score (nSPS) is 11.7. The van der Waals surface area contributed by atoms with Gasteiger partial charge in [0, 0.05) is 0 Å². The van der Waals surface area contributed by atoms with Crippen LogP contribution in [0.3, 0.4) is 0 Å². The van der Waals surface area contributed by atoms with Crippen LogP contribution in [0, 0.1) is 11.3 Å². The van der Waals surface area contributed by atoms with Crippen molar-refractivity contribution in [3.05, 3.63) is 95.6 Å². The molecule has 5 aromatic rings. The van der Waals surface area contributed by atoms with Crippen LogP contribution in [0.5, 0.6) is 0 Å². The van der Waals surface area contributed by atoms with Crippen molar-refractivity contribution in [1.29, 1.82) is 5.26 Å². The van der Waals surface area contributed by atoms with E-state index in [0.717, 1.165) is 5.56 Å². The van der Waals surface area contributed by atoms with Crippen molar-refractivity contribution < 1.29 is 0 Å².